The Morgan fingerprint density at radius 2 is 1.79 bits per heavy atom. The van der Waals surface area contributed by atoms with Crippen LogP contribution in [-0.4, -0.2) is 63.3 Å². The summed E-state index contributed by atoms with van der Waals surface area (Å²) in [4.78, 5) is 27.1. The van der Waals surface area contributed by atoms with Gasteiger partial charge >= 0.3 is 0 Å². The Morgan fingerprint density at radius 3 is 2.54 bits per heavy atom. The summed E-state index contributed by atoms with van der Waals surface area (Å²) < 4.78 is 21.1. The van der Waals surface area contributed by atoms with Gasteiger partial charge in [-0.05, 0) is 56.2 Å². The van der Waals surface area contributed by atoms with E-state index in [4.69, 9.17) is 19.8 Å². The molecule has 39 heavy (non-hydrogen) atoms. The summed E-state index contributed by atoms with van der Waals surface area (Å²) in [6.45, 7) is 8.93. The molecule has 0 spiro atoms. The van der Waals surface area contributed by atoms with E-state index >= 15 is 0 Å². The van der Waals surface area contributed by atoms with Gasteiger partial charge in [0.15, 0.2) is 12.3 Å². The molecule has 1 saturated heterocycles. The average molecular weight is 531 g/mol. The summed E-state index contributed by atoms with van der Waals surface area (Å²) in [5.74, 6) is 2.17. The van der Waals surface area contributed by atoms with Crippen LogP contribution in [0.15, 0.2) is 54.6 Å². The lowest BCUT2D eigenvalue weighted by atomic mass is 10.1. The molecule has 204 valence electrons. The van der Waals surface area contributed by atoms with Crippen molar-refractivity contribution in [3.8, 4) is 11.4 Å². The maximum atomic E-state index is 13.6. The molecule has 2 aromatic carbocycles. The first kappa shape index (κ1) is 26.6. The zero-order valence-electron chi connectivity index (χ0n) is 22.8. The number of nitrogens with zero attached hydrogens (tertiary/aromatic N) is 6. The first-order valence-corrected chi connectivity index (χ1v) is 13.7. The largest absolute Gasteiger partial charge is 0.484 e. The number of aryl methyl sites for hydroxylation is 1. The molecule has 0 unspecified atom stereocenters. The van der Waals surface area contributed by atoms with Crippen LogP contribution in [0.2, 0.25) is 0 Å². The van der Waals surface area contributed by atoms with Crippen LogP contribution in [0, 0.1) is 12.7 Å². The van der Waals surface area contributed by atoms with Gasteiger partial charge in [-0.1, -0.05) is 38.5 Å². The average Bonchev–Trinajstić information content (AvgIpc) is 3.11. The molecule has 4 aromatic rings. The highest BCUT2D eigenvalue weighted by Crippen LogP contribution is 2.32. The lowest BCUT2D eigenvalue weighted by molar-refractivity contribution is -0.133. The molecule has 9 heteroatoms. The third kappa shape index (κ3) is 5.87. The fraction of sp³-hybridized carbons (Fsp3) is 0.400. The van der Waals surface area contributed by atoms with Crippen molar-refractivity contribution in [3.63, 3.8) is 0 Å². The van der Waals surface area contributed by atoms with Crippen molar-refractivity contribution in [2.75, 3.05) is 37.7 Å². The Morgan fingerprint density at radius 1 is 1.03 bits per heavy atom. The molecule has 0 aliphatic carbocycles. The third-order valence-corrected chi connectivity index (χ3v) is 7.19. The molecular formula is C30H35FN6O2. The quantitative estimate of drug-likeness (QED) is 0.308. The van der Waals surface area contributed by atoms with Crippen LogP contribution in [0.4, 0.5) is 10.2 Å². The summed E-state index contributed by atoms with van der Waals surface area (Å²) >= 11 is 0. The van der Waals surface area contributed by atoms with Crippen molar-refractivity contribution in [1.82, 2.24) is 24.6 Å². The van der Waals surface area contributed by atoms with Gasteiger partial charge in [0.2, 0.25) is 0 Å². The maximum Gasteiger partial charge on any atom is 0.260 e. The zero-order valence-corrected chi connectivity index (χ0v) is 22.8. The molecule has 2 aromatic heterocycles. The molecule has 1 aliphatic heterocycles. The Balaban J connectivity index is 1.44. The van der Waals surface area contributed by atoms with E-state index in [9.17, 15) is 9.18 Å². The lowest BCUT2D eigenvalue weighted by Gasteiger charge is -2.24. The van der Waals surface area contributed by atoms with E-state index in [1.165, 1.54) is 12.1 Å². The van der Waals surface area contributed by atoms with Gasteiger partial charge in [-0.25, -0.2) is 19.0 Å². The van der Waals surface area contributed by atoms with E-state index in [-0.39, 0.29) is 24.2 Å². The minimum absolute atomic E-state index is 0.0179. The number of amides is 1. The van der Waals surface area contributed by atoms with E-state index in [1.54, 1.807) is 16.8 Å². The Labute approximate surface area is 228 Å². The predicted octanol–water partition coefficient (Wildman–Crippen LogP) is 5.28. The van der Waals surface area contributed by atoms with Crippen molar-refractivity contribution in [1.29, 1.82) is 0 Å². The SMILES string of the molecule is CCC[C@H](C)c1nc(N2CCCN(C(=O)COc3ccccc3)CC2)c2c(C)nn(-c3ccc(F)cc3)c2n1. The summed E-state index contributed by atoms with van der Waals surface area (Å²) in [6, 6.07) is 15.7. The number of hydrogen-bond acceptors (Lipinski definition) is 6. The topological polar surface area (TPSA) is 76.4 Å². The zero-order chi connectivity index (χ0) is 27.4. The highest BCUT2D eigenvalue weighted by molar-refractivity contribution is 5.91. The second kappa shape index (κ2) is 11.8. The van der Waals surface area contributed by atoms with E-state index in [0.717, 1.165) is 59.9 Å². The second-order valence-electron chi connectivity index (χ2n) is 10.1. The molecule has 5 rings (SSSR count). The smallest absolute Gasteiger partial charge is 0.260 e. The van der Waals surface area contributed by atoms with E-state index < -0.39 is 0 Å². The Hall–Kier alpha value is -4.01. The Kier molecular flexibility index (Phi) is 8.05. The van der Waals surface area contributed by atoms with Crippen molar-refractivity contribution in [3.05, 3.63) is 71.9 Å². The number of fused-ring (bicyclic) bond motifs is 1. The van der Waals surface area contributed by atoms with Gasteiger partial charge in [-0.2, -0.15) is 5.10 Å². The van der Waals surface area contributed by atoms with Crippen LogP contribution >= 0.6 is 0 Å². The molecule has 1 amide bonds. The van der Waals surface area contributed by atoms with E-state index in [2.05, 4.69) is 18.7 Å². The molecule has 8 nitrogen and oxygen atoms in total. The summed E-state index contributed by atoms with van der Waals surface area (Å²) in [5.41, 5.74) is 2.28. The number of aromatic nitrogens is 4. The minimum Gasteiger partial charge on any atom is -0.484 e. The first-order valence-electron chi connectivity index (χ1n) is 13.7. The summed E-state index contributed by atoms with van der Waals surface area (Å²) in [7, 11) is 0. The van der Waals surface area contributed by atoms with E-state index in [0.29, 0.717) is 25.4 Å². The minimum atomic E-state index is -0.294. The van der Waals surface area contributed by atoms with Gasteiger partial charge in [0.05, 0.1) is 16.8 Å². The van der Waals surface area contributed by atoms with Crippen LogP contribution in [0.25, 0.3) is 16.7 Å². The molecule has 3 heterocycles. The number of para-hydroxylation sites is 1. The maximum absolute atomic E-state index is 13.6. The molecule has 0 N–H and O–H groups in total. The van der Waals surface area contributed by atoms with Crippen LogP contribution in [0.5, 0.6) is 5.75 Å². The highest BCUT2D eigenvalue weighted by Gasteiger charge is 2.26. The molecule has 0 saturated carbocycles. The third-order valence-electron chi connectivity index (χ3n) is 7.19. The lowest BCUT2D eigenvalue weighted by Crippen LogP contribution is -2.38. The molecule has 1 fully saturated rings. The number of hydrogen-bond donors (Lipinski definition) is 0. The summed E-state index contributed by atoms with van der Waals surface area (Å²) in [6.07, 6.45) is 2.81. The standard InChI is InChI=1S/C30H35FN6O2/c1-4-9-21(2)28-32-29(27-22(3)34-37(30(27)33-28)24-14-12-23(31)13-15-24)36-17-8-16-35(18-19-36)26(38)20-39-25-10-6-5-7-11-25/h5-7,10-15,21H,4,8-9,16-20H2,1-3H3/t21-/m0/s1. The normalized spacial score (nSPS) is 14.9. The fourth-order valence-electron chi connectivity index (χ4n) is 5.08. The van der Waals surface area contributed by atoms with Crippen LogP contribution in [-0.2, 0) is 4.79 Å². The molecule has 1 aliphatic rings. The van der Waals surface area contributed by atoms with Crippen LogP contribution in [0.3, 0.4) is 0 Å². The van der Waals surface area contributed by atoms with Gasteiger partial charge in [-0.15, -0.1) is 0 Å². The number of rotatable bonds is 8. The first-order chi connectivity index (χ1) is 18.9. The van der Waals surface area contributed by atoms with Crippen molar-refractivity contribution >= 4 is 22.8 Å². The number of benzene rings is 2. The van der Waals surface area contributed by atoms with Crippen molar-refractivity contribution < 1.29 is 13.9 Å². The van der Waals surface area contributed by atoms with Crippen LogP contribution in [0.1, 0.15) is 50.5 Å². The second-order valence-corrected chi connectivity index (χ2v) is 10.1. The van der Waals surface area contributed by atoms with Gasteiger partial charge in [0.1, 0.15) is 23.2 Å². The van der Waals surface area contributed by atoms with Gasteiger partial charge in [0, 0.05) is 32.1 Å². The predicted molar refractivity (Wildman–Crippen MR) is 150 cm³/mol. The summed E-state index contributed by atoms with van der Waals surface area (Å²) in [5, 5.41) is 5.68. The number of ether oxygens (including phenoxy) is 1. The molecule has 0 bridgehead atoms. The number of halogens is 1. The van der Waals surface area contributed by atoms with Crippen LogP contribution < -0.4 is 9.64 Å². The number of carbonyl (C=O) groups excluding carboxylic acids is 1. The molecular weight excluding hydrogens is 495 g/mol. The molecule has 1 atom stereocenters. The molecule has 0 radical (unpaired) electrons. The van der Waals surface area contributed by atoms with E-state index in [1.807, 2.05) is 42.2 Å². The Bertz CT molecular complexity index is 1420. The van der Waals surface area contributed by atoms with Gasteiger partial charge in [-0.3, -0.25) is 4.79 Å². The highest BCUT2D eigenvalue weighted by atomic mass is 19.1. The fourth-order valence-corrected chi connectivity index (χ4v) is 5.08. The van der Waals surface area contributed by atoms with Gasteiger partial charge < -0.3 is 14.5 Å². The number of carbonyl (C=O) groups is 1. The number of anilines is 1. The van der Waals surface area contributed by atoms with Crippen molar-refractivity contribution in [2.24, 2.45) is 0 Å². The monoisotopic (exact) mass is 530 g/mol. The van der Waals surface area contributed by atoms with Crippen molar-refractivity contribution in [2.45, 2.75) is 46.0 Å². The van der Waals surface area contributed by atoms with Gasteiger partial charge in [0.25, 0.3) is 5.91 Å².